The first-order valence-corrected chi connectivity index (χ1v) is 11.6. The molecule has 0 aliphatic rings. The number of nitrogens with zero attached hydrogens (tertiary/aromatic N) is 3. The van der Waals surface area contributed by atoms with Gasteiger partial charge in [-0.1, -0.05) is 36.4 Å². The molecule has 4 heterocycles. The van der Waals surface area contributed by atoms with E-state index in [4.69, 9.17) is 0 Å². The molecular weight excluding hydrogens is 436 g/mol. The molecule has 0 aliphatic heterocycles. The molecule has 6 nitrogen and oxygen atoms in total. The number of hydrogen-bond donors (Lipinski definition) is 1. The first kappa shape index (κ1) is 18.9. The number of carbonyl (C=O) groups is 1. The van der Waals surface area contributed by atoms with Crippen LogP contribution in [-0.4, -0.2) is 20.4 Å². The van der Waals surface area contributed by atoms with Crippen LogP contribution < -0.4 is 10.9 Å². The second-order valence-electron chi connectivity index (χ2n) is 6.44. The zero-order chi connectivity index (χ0) is 20.5. The molecule has 30 heavy (non-hydrogen) atoms. The van der Waals surface area contributed by atoms with Crippen molar-refractivity contribution < 1.29 is 4.79 Å². The van der Waals surface area contributed by atoms with Crippen molar-refractivity contribution in [2.24, 2.45) is 0 Å². The third-order valence-electron chi connectivity index (χ3n) is 4.48. The number of anilines is 1. The number of benzene rings is 1. The van der Waals surface area contributed by atoms with Crippen LogP contribution in [-0.2, 0) is 11.3 Å². The van der Waals surface area contributed by atoms with Crippen molar-refractivity contribution >= 4 is 55.3 Å². The second kappa shape index (κ2) is 7.94. The normalized spacial score (nSPS) is 11.1. The zero-order valence-electron chi connectivity index (χ0n) is 15.4. The lowest BCUT2D eigenvalue weighted by Gasteiger charge is -2.05. The lowest BCUT2D eigenvalue weighted by molar-refractivity contribution is -0.116. The van der Waals surface area contributed by atoms with Crippen LogP contribution in [0.15, 0.2) is 69.7 Å². The highest BCUT2D eigenvalue weighted by molar-refractivity contribution is 7.18. The largest absolute Gasteiger partial charge is 0.300 e. The molecule has 0 spiro atoms. The molecule has 0 unspecified atom stereocenters. The summed E-state index contributed by atoms with van der Waals surface area (Å²) < 4.78 is 1.34. The van der Waals surface area contributed by atoms with E-state index in [0.29, 0.717) is 15.3 Å². The number of thiazole rings is 1. The minimum atomic E-state index is -0.319. The maximum Gasteiger partial charge on any atom is 0.263 e. The Morgan fingerprint density at radius 2 is 1.90 bits per heavy atom. The maximum atomic E-state index is 13.0. The van der Waals surface area contributed by atoms with E-state index in [1.54, 1.807) is 11.3 Å². The summed E-state index contributed by atoms with van der Waals surface area (Å²) in [6, 6.07) is 13.7. The number of aromatic nitrogens is 3. The van der Waals surface area contributed by atoms with Gasteiger partial charge in [0.1, 0.15) is 11.4 Å². The van der Waals surface area contributed by atoms with Crippen LogP contribution in [0.25, 0.3) is 31.9 Å². The molecule has 5 aromatic rings. The van der Waals surface area contributed by atoms with E-state index in [-0.39, 0.29) is 18.0 Å². The summed E-state index contributed by atoms with van der Waals surface area (Å²) in [7, 11) is 0. The molecule has 0 radical (unpaired) electrons. The predicted octanol–water partition coefficient (Wildman–Crippen LogP) is 4.95. The number of hydrogen-bond acceptors (Lipinski definition) is 7. The molecule has 148 valence electrons. The molecule has 1 aromatic carbocycles. The van der Waals surface area contributed by atoms with Crippen LogP contribution >= 0.6 is 34.0 Å². The Labute approximate surface area is 183 Å². The Balaban J connectivity index is 1.38. The Morgan fingerprint density at radius 3 is 2.70 bits per heavy atom. The van der Waals surface area contributed by atoms with Crippen molar-refractivity contribution in [2.45, 2.75) is 6.54 Å². The molecule has 5 rings (SSSR count). The minimum absolute atomic E-state index is 0.123. The van der Waals surface area contributed by atoms with Gasteiger partial charge in [0.05, 0.1) is 17.4 Å². The fourth-order valence-electron chi connectivity index (χ4n) is 3.08. The number of nitrogens with one attached hydrogen (secondary N) is 1. The lowest BCUT2D eigenvalue weighted by Crippen LogP contribution is -2.27. The monoisotopic (exact) mass is 450 g/mol. The summed E-state index contributed by atoms with van der Waals surface area (Å²) in [5.74, 6) is -0.319. The van der Waals surface area contributed by atoms with Crippen LogP contribution in [0.3, 0.4) is 0 Å². The van der Waals surface area contributed by atoms with Gasteiger partial charge in [-0.2, -0.15) is 0 Å². The van der Waals surface area contributed by atoms with Crippen molar-refractivity contribution in [3.8, 4) is 21.7 Å². The molecule has 4 aromatic heterocycles. The fraction of sp³-hybridized carbons (Fsp3) is 0.0476. The minimum Gasteiger partial charge on any atom is -0.300 e. The molecule has 0 saturated heterocycles. The highest BCUT2D eigenvalue weighted by Gasteiger charge is 2.16. The number of fused-ring (bicyclic) bond motifs is 1. The Kier molecular flexibility index (Phi) is 4.99. The number of rotatable bonds is 5. The summed E-state index contributed by atoms with van der Waals surface area (Å²) in [5.41, 5.74) is 2.43. The van der Waals surface area contributed by atoms with Crippen molar-refractivity contribution in [1.82, 2.24) is 14.5 Å². The van der Waals surface area contributed by atoms with Gasteiger partial charge in [0.2, 0.25) is 5.91 Å². The van der Waals surface area contributed by atoms with Gasteiger partial charge in [0.25, 0.3) is 5.56 Å². The Morgan fingerprint density at radius 1 is 1.03 bits per heavy atom. The summed E-state index contributed by atoms with van der Waals surface area (Å²) in [4.78, 5) is 36.1. The van der Waals surface area contributed by atoms with E-state index in [9.17, 15) is 9.59 Å². The molecule has 9 heteroatoms. The number of thiophene rings is 2. The fourth-order valence-corrected chi connectivity index (χ4v) is 5.54. The molecular formula is C21H14N4O2S3. The maximum absolute atomic E-state index is 13.0. The van der Waals surface area contributed by atoms with Gasteiger partial charge in [-0.15, -0.1) is 34.0 Å². The average molecular weight is 451 g/mol. The Hall–Kier alpha value is -3.14. The number of carbonyl (C=O) groups excluding carboxylic acids is 1. The van der Waals surface area contributed by atoms with Crippen LogP contribution in [0.2, 0.25) is 0 Å². The van der Waals surface area contributed by atoms with Crippen molar-refractivity contribution in [3.63, 3.8) is 0 Å². The van der Waals surface area contributed by atoms with E-state index in [1.165, 1.54) is 33.6 Å². The van der Waals surface area contributed by atoms with Gasteiger partial charge in [0, 0.05) is 26.8 Å². The standard InChI is InChI=1S/C21H14N4O2S3/c26-17(24-21-23-15(11-30-21)13-5-2-1-3-6-13)9-25-12-22-19-18(20(25)27)14(10-29-19)16-7-4-8-28-16/h1-8,10-12H,9H2,(H,23,24,26). The Bertz CT molecular complexity index is 1380. The first-order valence-electron chi connectivity index (χ1n) is 9.00. The second-order valence-corrected chi connectivity index (χ2v) is 9.10. The highest BCUT2D eigenvalue weighted by atomic mass is 32.1. The molecule has 0 atom stereocenters. The van der Waals surface area contributed by atoms with E-state index in [0.717, 1.165) is 21.7 Å². The quantitative estimate of drug-likeness (QED) is 0.411. The van der Waals surface area contributed by atoms with E-state index in [1.807, 2.05) is 58.6 Å². The van der Waals surface area contributed by atoms with Crippen LogP contribution in [0.5, 0.6) is 0 Å². The van der Waals surface area contributed by atoms with E-state index >= 15 is 0 Å². The highest BCUT2D eigenvalue weighted by Crippen LogP contribution is 2.33. The average Bonchev–Trinajstić information content (AvgIpc) is 3.51. The molecule has 0 bridgehead atoms. The van der Waals surface area contributed by atoms with Crippen LogP contribution in [0.1, 0.15) is 0 Å². The third kappa shape index (κ3) is 3.58. The van der Waals surface area contributed by atoms with Gasteiger partial charge in [-0.3, -0.25) is 14.2 Å². The van der Waals surface area contributed by atoms with Crippen molar-refractivity contribution in [1.29, 1.82) is 0 Å². The van der Waals surface area contributed by atoms with Crippen LogP contribution in [0, 0.1) is 0 Å². The molecule has 1 N–H and O–H groups in total. The summed E-state index contributed by atoms with van der Waals surface area (Å²) in [6.07, 6.45) is 1.43. The van der Waals surface area contributed by atoms with Gasteiger partial charge in [-0.25, -0.2) is 9.97 Å². The first-order chi connectivity index (χ1) is 14.7. The lowest BCUT2D eigenvalue weighted by atomic mass is 10.2. The van der Waals surface area contributed by atoms with Crippen molar-refractivity contribution in [3.05, 3.63) is 75.3 Å². The summed E-state index contributed by atoms with van der Waals surface area (Å²) >= 11 is 4.35. The molecule has 0 saturated carbocycles. The van der Waals surface area contributed by atoms with Crippen LogP contribution in [0.4, 0.5) is 5.13 Å². The van der Waals surface area contributed by atoms with Gasteiger partial charge in [-0.05, 0) is 11.4 Å². The van der Waals surface area contributed by atoms with Gasteiger partial charge >= 0.3 is 0 Å². The van der Waals surface area contributed by atoms with Gasteiger partial charge < -0.3 is 5.32 Å². The molecule has 1 amide bonds. The predicted molar refractivity (Wildman–Crippen MR) is 123 cm³/mol. The van der Waals surface area contributed by atoms with Crippen molar-refractivity contribution in [2.75, 3.05) is 5.32 Å². The SMILES string of the molecule is O=C(Cn1cnc2scc(-c3cccs3)c2c1=O)Nc1nc(-c2ccccc2)cs1. The number of amides is 1. The van der Waals surface area contributed by atoms with E-state index < -0.39 is 0 Å². The topological polar surface area (TPSA) is 76.9 Å². The van der Waals surface area contributed by atoms with Gasteiger partial charge in [0.15, 0.2) is 5.13 Å². The summed E-state index contributed by atoms with van der Waals surface area (Å²) in [5, 5.41) is 9.63. The van der Waals surface area contributed by atoms with E-state index in [2.05, 4.69) is 15.3 Å². The third-order valence-corrected chi connectivity index (χ3v) is 7.03. The molecule has 0 aliphatic carbocycles. The smallest absolute Gasteiger partial charge is 0.263 e. The summed E-state index contributed by atoms with van der Waals surface area (Å²) in [6.45, 7) is -0.123. The molecule has 0 fully saturated rings. The zero-order valence-corrected chi connectivity index (χ0v) is 17.9.